The van der Waals surface area contributed by atoms with Crippen LogP contribution in [0, 0.1) is 44.3 Å². The molecule has 1 spiro atoms. The molecule has 0 aromatic heterocycles. The van der Waals surface area contributed by atoms with E-state index in [4.69, 9.17) is 16.6 Å². The first-order valence-electron chi connectivity index (χ1n) is 18.4. The summed E-state index contributed by atoms with van der Waals surface area (Å²) in [7, 11) is 0. The predicted molar refractivity (Wildman–Crippen MR) is 178 cm³/mol. The minimum absolute atomic E-state index is 0.0663. The quantitative estimate of drug-likeness (QED) is 0.178. The Labute approximate surface area is 269 Å². The van der Waals surface area contributed by atoms with Crippen molar-refractivity contribution in [1.82, 2.24) is 16.1 Å². The molecule has 1 unspecified atom stereocenters. The van der Waals surface area contributed by atoms with Crippen molar-refractivity contribution in [2.45, 2.75) is 169 Å². The van der Waals surface area contributed by atoms with Crippen LogP contribution in [0.5, 0.6) is 0 Å². The van der Waals surface area contributed by atoms with Crippen LogP contribution in [0.1, 0.15) is 152 Å². The molecule has 11 atom stereocenters. The van der Waals surface area contributed by atoms with Gasteiger partial charge in [0.15, 0.2) is 0 Å². The van der Waals surface area contributed by atoms with Crippen LogP contribution >= 0.6 is 11.9 Å². The van der Waals surface area contributed by atoms with Gasteiger partial charge in [0.25, 0.3) is 0 Å². The van der Waals surface area contributed by atoms with Crippen LogP contribution in [-0.2, 0) is 9.13 Å². The van der Waals surface area contributed by atoms with Gasteiger partial charge in [-0.1, -0.05) is 61.3 Å². The van der Waals surface area contributed by atoms with Crippen molar-refractivity contribution < 1.29 is 9.13 Å². The lowest BCUT2D eigenvalue weighted by molar-refractivity contribution is -0.249. The minimum Gasteiger partial charge on any atom is -0.354 e. The highest BCUT2D eigenvalue weighted by Gasteiger charge is 2.83. The Morgan fingerprint density at radius 3 is 2.26 bits per heavy atom. The number of piperidine rings is 1. The fraction of sp³-hybridized carbons (Fsp3) is 1.00. The number of rotatable bonds is 9. The summed E-state index contributed by atoms with van der Waals surface area (Å²) in [5.74, 6) is 1.30. The first-order chi connectivity index (χ1) is 20.2. The monoisotopic (exact) mass is 619 g/mol. The number of ether oxygens (including phenoxy) is 1. The lowest BCUT2D eigenvalue weighted by Gasteiger charge is -2.73. The maximum atomic E-state index is 7.46. The molecule has 5 nitrogen and oxygen atoms in total. The number of fused-ring (bicyclic) bond motifs is 7. The third kappa shape index (κ3) is 4.32. The molecular weight excluding hydrogens is 554 g/mol. The largest absolute Gasteiger partial charge is 0.354 e. The third-order valence-corrected chi connectivity index (χ3v) is 17.3. The van der Waals surface area contributed by atoms with Gasteiger partial charge in [-0.3, -0.25) is 5.32 Å². The van der Waals surface area contributed by atoms with Crippen molar-refractivity contribution in [2.75, 3.05) is 19.6 Å². The molecule has 0 aromatic rings. The van der Waals surface area contributed by atoms with Crippen molar-refractivity contribution >= 4 is 11.9 Å². The van der Waals surface area contributed by atoms with Gasteiger partial charge >= 0.3 is 0 Å². The maximum Gasteiger partial charge on any atom is 0.123 e. The SMILES string of the molecule is C[C@H]1[C@@]2(C)[C@@]3(C)CC[C@]4(C)[C@H](CC[C@@]5(C)CC(NCCCCCCNOCl)CC[C@@]54C)[C@@]3(C)C[C@@]2(C)O[C@@]12CCCCN2. The smallest absolute Gasteiger partial charge is 0.123 e. The molecule has 43 heavy (non-hydrogen) atoms. The van der Waals surface area contributed by atoms with Gasteiger partial charge in [0.1, 0.15) is 5.72 Å². The molecule has 0 radical (unpaired) electrons. The van der Waals surface area contributed by atoms with E-state index >= 15 is 0 Å². The Morgan fingerprint density at radius 1 is 0.814 bits per heavy atom. The summed E-state index contributed by atoms with van der Waals surface area (Å²) >= 11 is 5.24. The van der Waals surface area contributed by atoms with Crippen LogP contribution < -0.4 is 16.1 Å². The van der Waals surface area contributed by atoms with Crippen molar-refractivity contribution in [2.24, 2.45) is 44.3 Å². The van der Waals surface area contributed by atoms with Crippen LogP contribution in [0.3, 0.4) is 0 Å². The predicted octanol–water partition coefficient (Wildman–Crippen LogP) is 8.90. The van der Waals surface area contributed by atoms with Gasteiger partial charge in [0, 0.05) is 23.9 Å². The van der Waals surface area contributed by atoms with Gasteiger partial charge in [0.05, 0.1) is 17.5 Å². The molecule has 3 N–H and O–H groups in total. The summed E-state index contributed by atoms with van der Waals surface area (Å²) in [5.41, 5.74) is 4.50. The molecule has 6 aliphatic rings. The van der Waals surface area contributed by atoms with Crippen LogP contribution in [0.2, 0.25) is 0 Å². The second kappa shape index (κ2) is 11.1. The van der Waals surface area contributed by atoms with Gasteiger partial charge < -0.3 is 10.1 Å². The summed E-state index contributed by atoms with van der Waals surface area (Å²) in [6.07, 6.45) is 19.5. The zero-order chi connectivity index (χ0) is 31.0. The van der Waals surface area contributed by atoms with E-state index in [-0.39, 0.29) is 22.2 Å². The Bertz CT molecular complexity index is 1040. The highest BCUT2D eigenvalue weighted by molar-refractivity contribution is 6.07. The number of nitrogens with one attached hydrogen (secondary N) is 3. The fourth-order valence-corrected chi connectivity index (χ4v) is 14.1. The van der Waals surface area contributed by atoms with Crippen LogP contribution in [0.4, 0.5) is 0 Å². The van der Waals surface area contributed by atoms with E-state index in [1.54, 1.807) is 0 Å². The Balaban J connectivity index is 1.18. The van der Waals surface area contributed by atoms with E-state index < -0.39 is 0 Å². The Kier molecular flexibility index (Phi) is 8.50. The maximum absolute atomic E-state index is 7.46. The molecule has 0 aromatic carbocycles. The second-order valence-electron chi connectivity index (χ2n) is 18.1. The lowest BCUT2D eigenvalue weighted by atomic mass is 9.31. The fourth-order valence-electron chi connectivity index (χ4n) is 14.0. The summed E-state index contributed by atoms with van der Waals surface area (Å²) in [6.45, 7) is 24.6. The van der Waals surface area contributed by atoms with Gasteiger partial charge in [-0.2, -0.15) is 9.87 Å². The van der Waals surface area contributed by atoms with E-state index in [9.17, 15) is 0 Å². The summed E-state index contributed by atoms with van der Waals surface area (Å²) in [5, 5.41) is 7.98. The topological polar surface area (TPSA) is 54.5 Å². The van der Waals surface area contributed by atoms with E-state index in [1.807, 2.05) is 0 Å². The van der Waals surface area contributed by atoms with Crippen LogP contribution in [0.25, 0.3) is 0 Å². The Morgan fingerprint density at radius 2 is 1.56 bits per heavy atom. The highest BCUT2D eigenvalue weighted by Crippen LogP contribution is 2.85. The molecule has 0 amide bonds. The average molecular weight is 620 g/mol. The molecule has 4 saturated carbocycles. The molecule has 2 aliphatic heterocycles. The summed E-state index contributed by atoms with van der Waals surface area (Å²) in [6, 6.07) is 0.672. The lowest BCUT2D eigenvalue weighted by Crippen LogP contribution is -2.68. The molecule has 0 bridgehead atoms. The van der Waals surface area contributed by atoms with Gasteiger partial charge in [-0.15, -0.1) is 0 Å². The van der Waals surface area contributed by atoms with Crippen molar-refractivity contribution in [1.29, 1.82) is 0 Å². The molecule has 4 aliphatic carbocycles. The summed E-state index contributed by atoms with van der Waals surface area (Å²) < 4.78 is 11.9. The summed E-state index contributed by atoms with van der Waals surface area (Å²) in [4.78, 5) is 0. The molecule has 6 rings (SSSR count). The molecule has 248 valence electrons. The van der Waals surface area contributed by atoms with Gasteiger partial charge in [0.2, 0.25) is 0 Å². The van der Waals surface area contributed by atoms with Crippen molar-refractivity contribution in [3.63, 3.8) is 0 Å². The second-order valence-corrected chi connectivity index (χ2v) is 18.3. The van der Waals surface area contributed by atoms with E-state index in [0.29, 0.717) is 33.6 Å². The normalized spacial score (nSPS) is 54.2. The molecule has 2 heterocycles. The number of hydrogen-bond donors (Lipinski definition) is 3. The molecule has 6 fully saturated rings. The third-order valence-electron chi connectivity index (χ3n) is 17.2. The highest BCUT2D eigenvalue weighted by atomic mass is 35.5. The van der Waals surface area contributed by atoms with Crippen LogP contribution in [0.15, 0.2) is 0 Å². The molecule has 2 saturated heterocycles. The minimum atomic E-state index is -0.119. The van der Waals surface area contributed by atoms with Crippen molar-refractivity contribution in [3.05, 3.63) is 0 Å². The standard InChI is InChI=1S/C37H66ClN3O2/c1-27-36(8)34(6)21-20-31(3)29(32(34,4)26-35(36,7)42-37(27)17-11-14-23-40-37)16-18-30(2)25-28(15-19-33(30,31)5)39-22-12-9-10-13-24-41-43-38/h27-29,39-41H,9-26H2,1-8H3/t27-,28?,29-,30-,31+,32+,33-,34-,35+,36-,37-/m0/s1. The van der Waals surface area contributed by atoms with Gasteiger partial charge in [-0.25, -0.2) is 0 Å². The first-order valence-corrected chi connectivity index (χ1v) is 18.7. The number of halogens is 1. The average Bonchev–Trinajstić information content (AvgIpc) is 3.21. The van der Waals surface area contributed by atoms with E-state index in [1.165, 1.54) is 89.9 Å². The van der Waals surface area contributed by atoms with Crippen LogP contribution in [-0.4, -0.2) is 37.0 Å². The first kappa shape index (κ1) is 33.0. The number of hydrogen-bond acceptors (Lipinski definition) is 5. The number of unbranched alkanes of at least 4 members (excludes halogenated alkanes) is 3. The molecular formula is C37H66ClN3O2. The van der Waals surface area contributed by atoms with Crippen molar-refractivity contribution in [3.8, 4) is 0 Å². The van der Waals surface area contributed by atoms with Gasteiger partial charge in [-0.05, 0) is 136 Å². The number of hydroxylamine groups is 1. The zero-order valence-corrected chi connectivity index (χ0v) is 29.9. The van der Waals surface area contributed by atoms with E-state index in [2.05, 4.69) is 75.9 Å². The molecule has 6 heteroatoms. The zero-order valence-electron chi connectivity index (χ0n) is 29.2. The van der Waals surface area contributed by atoms with E-state index in [0.717, 1.165) is 32.0 Å². The Hall–Kier alpha value is 0.0900.